The molecule has 2 rings (SSSR count). The molecule has 96 valence electrons. The molecule has 0 aromatic carbocycles. The Morgan fingerprint density at radius 3 is 2.88 bits per heavy atom. The van der Waals surface area contributed by atoms with Crippen LogP contribution >= 0.6 is 15.9 Å². The molecule has 0 saturated heterocycles. The standard InChI is InChI=1S/C10H16BrN3O2S/c1-14-7-10(6-12-14)17(15,16)13-5-8-2-3-9(11)4-8/h6-9,13H,2-5H2,1H3. The fourth-order valence-corrected chi connectivity index (χ4v) is 3.94. The molecular weight excluding hydrogens is 306 g/mol. The summed E-state index contributed by atoms with van der Waals surface area (Å²) in [6.07, 6.45) is 6.11. The molecule has 0 bridgehead atoms. The van der Waals surface area contributed by atoms with Crippen molar-refractivity contribution in [3.8, 4) is 0 Å². The Hall–Kier alpha value is -0.400. The Balaban J connectivity index is 1.94. The monoisotopic (exact) mass is 321 g/mol. The molecule has 2 unspecified atom stereocenters. The average Bonchev–Trinajstić information content (AvgIpc) is 2.85. The van der Waals surface area contributed by atoms with Crippen LogP contribution in [0.15, 0.2) is 17.3 Å². The van der Waals surface area contributed by atoms with Crippen molar-refractivity contribution < 1.29 is 8.42 Å². The highest BCUT2D eigenvalue weighted by Gasteiger charge is 2.24. The number of hydrogen-bond acceptors (Lipinski definition) is 3. The lowest BCUT2D eigenvalue weighted by Crippen LogP contribution is -2.28. The van der Waals surface area contributed by atoms with Crippen molar-refractivity contribution in [2.75, 3.05) is 6.54 Å². The zero-order valence-electron chi connectivity index (χ0n) is 9.63. The van der Waals surface area contributed by atoms with Gasteiger partial charge in [0.1, 0.15) is 4.90 Å². The lowest BCUT2D eigenvalue weighted by atomic mass is 10.1. The van der Waals surface area contributed by atoms with Crippen LogP contribution in [0.3, 0.4) is 0 Å². The summed E-state index contributed by atoms with van der Waals surface area (Å²) < 4.78 is 27.9. The molecule has 17 heavy (non-hydrogen) atoms. The second-order valence-corrected chi connectivity index (χ2v) is 7.54. The molecular formula is C10H16BrN3O2S. The first-order valence-corrected chi connectivity index (χ1v) is 7.99. The maximum absolute atomic E-state index is 11.9. The van der Waals surface area contributed by atoms with Crippen LogP contribution in [-0.2, 0) is 17.1 Å². The average molecular weight is 322 g/mol. The molecule has 1 N–H and O–H groups in total. The molecule has 1 heterocycles. The second-order valence-electron chi connectivity index (χ2n) is 4.48. The number of aromatic nitrogens is 2. The molecule has 1 aliphatic rings. The van der Waals surface area contributed by atoms with Crippen LogP contribution in [0.2, 0.25) is 0 Å². The van der Waals surface area contributed by atoms with Gasteiger partial charge in [-0.1, -0.05) is 15.9 Å². The zero-order chi connectivity index (χ0) is 12.5. The number of rotatable bonds is 4. The van der Waals surface area contributed by atoms with Crippen LogP contribution in [0.25, 0.3) is 0 Å². The molecule has 5 nitrogen and oxygen atoms in total. The molecule has 2 atom stereocenters. The lowest BCUT2D eigenvalue weighted by Gasteiger charge is -2.10. The lowest BCUT2D eigenvalue weighted by molar-refractivity contribution is 0.520. The van der Waals surface area contributed by atoms with Gasteiger partial charge in [-0.3, -0.25) is 4.68 Å². The van der Waals surface area contributed by atoms with E-state index in [-0.39, 0.29) is 4.90 Å². The first-order valence-electron chi connectivity index (χ1n) is 5.60. The van der Waals surface area contributed by atoms with Crippen molar-refractivity contribution in [1.82, 2.24) is 14.5 Å². The molecule has 0 spiro atoms. The highest BCUT2D eigenvalue weighted by Crippen LogP contribution is 2.30. The van der Waals surface area contributed by atoms with Crippen molar-refractivity contribution in [3.05, 3.63) is 12.4 Å². The molecule has 1 saturated carbocycles. The van der Waals surface area contributed by atoms with Gasteiger partial charge in [-0.2, -0.15) is 5.10 Å². The van der Waals surface area contributed by atoms with Crippen molar-refractivity contribution in [3.63, 3.8) is 0 Å². The summed E-state index contributed by atoms with van der Waals surface area (Å²) in [6, 6.07) is 0. The first-order chi connectivity index (χ1) is 7.97. The van der Waals surface area contributed by atoms with Gasteiger partial charge in [0.25, 0.3) is 0 Å². The highest BCUT2D eigenvalue weighted by atomic mass is 79.9. The van der Waals surface area contributed by atoms with E-state index >= 15 is 0 Å². The summed E-state index contributed by atoms with van der Waals surface area (Å²) in [5, 5.41) is 3.86. The van der Waals surface area contributed by atoms with E-state index in [4.69, 9.17) is 0 Å². The van der Waals surface area contributed by atoms with E-state index in [2.05, 4.69) is 25.8 Å². The minimum absolute atomic E-state index is 0.230. The van der Waals surface area contributed by atoms with Gasteiger partial charge in [-0.15, -0.1) is 0 Å². The van der Waals surface area contributed by atoms with Crippen LogP contribution in [0.1, 0.15) is 19.3 Å². The molecule has 0 radical (unpaired) electrons. The highest BCUT2D eigenvalue weighted by molar-refractivity contribution is 9.09. The first kappa shape index (κ1) is 13.0. The van der Waals surface area contributed by atoms with Gasteiger partial charge >= 0.3 is 0 Å². The van der Waals surface area contributed by atoms with Crippen molar-refractivity contribution in [2.24, 2.45) is 13.0 Å². The fraction of sp³-hybridized carbons (Fsp3) is 0.700. The van der Waals surface area contributed by atoms with E-state index in [1.807, 2.05) is 0 Å². The summed E-state index contributed by atoms with van der Waals surface area (Å²) in [4.78, 5) is 0.767. The van der Waals surface area contributed by atoms with E-state index in [0.717, 1.165) is 19.3 Å². The number of nitrogens with one attached hydrogen (secondary N) is 1. The van der Waals surface area contributed by atoms with E-state index in [0.29, 0.717) is 17.3 Å². The third-order valence-electron chi connectivity index (χ3n) is 3.03. The van der Waals surface area contributed by atoms with Crippen molar-refractivity contribution >= 4 is 26.0 Å². The molecule has 7 heteroatoms. The number of alkyl halides is 1. The largest absolute Gasteiger partial charge is 0.274 e. The third-order valence-corrected chi connectivity index (χ3v) is 5.24. The van der Waals surface area contributed by atoms with E-state index in [1.54, 1.807) is 7.05 Å². The Morgan fingerprint density at radius 2 is 2.35 bits per heavy atom. The number of halogens is 1. The van der Waals surface area contributed by atoms with Crippen LogP contribution in [-0.4, -0.2) is 29.6 Å². The smallest absolute Gasteiger partial charge is 0.243 e. The molecule has 0 aliphatic heterocycles. The molecule has 1 fully saturated rings. The SMILES string of the molecule is Cn1cc(S(=O)(=O)NCC2CCC(Br)C2)cn1. The number of hydrogen-bond donors (Lipinski definition) is 1. The van der Waals surface area contributed by atoms with Gasteiger partial charge in [-0.05, 0) is 25.2 Å². The van der Waals surface area contributed by atoms with Gasteiger partial charge in [-0.25, -0.2) is 13.1 Å². The number of sulfonamides is 1. The Labute approximate surface area is 110 Å². The zero-order valence-corrected chi connectivity index (χ0v) is 12.0. The number of nitrogens with zero attached hydrogens (tertiary/aromatic N) is 2. The summed E-state index contributed by atoms with van der Waals surface area (Å²) in [5.74, 6) is 0.436. The predicted molar refractivity (Wildman–Crippen MR) is 68.5 cm³/mol. The summed E-state index contributed by atoms with van der Waals surface area (Å²) in [6.45, 7) is 0.513. The van der Waals surface area contributed by atoms with E-state index < -0.39 is 10.0 Å². The maximum Gasteiger partial charge on any atom is 0.243 e. The Morgan fingerprint density at radius 1 is 1.59 bits per heavy atom. The number of aryl methyl sites for hydroxylation is 1. The summed E-state index contributed by atoms with van der Waals surface area (Å²) >= 11 is 3.56. The third kappa shape index (κ3) is 3.29. The minimum Gasteiger partial charge on any atom is -0.274 e. The van der Waals surface area contributed by atoms with Crippen molar-refractivity contribution in [2.45, 2.75) is 29.0 Å². The molecule has 1 aliphatic carbocycles. The molecule has 1 aromatic rings. The van der Waals surface area contributed by atoms with Gasteiger partial charge in [0.05, 0.1) is 6.20 Å². The Kier molecular flexibility index (Phi) is 3.89. The van der Waals surface area contributed by atoms with Gasteiger partial charge < -0.3 is 0 Å². The van der Waals surface area contributed by atoms with Crippen LogP contribution in [0, 0.1) is 5.92 Å². The van der Waals surface area contributed by atoms with Gasteiger partial charge in [0.15, 0.2) is 0 Å². The maximum atomic E-state index is 11.9. The Bertz CT molecular complexity index is 485. The summed E-state index contributed by atoms with van der Waals surface area (Å²) in [5.41, 5.74) is 0. The van der Waals surface area contributed by atoms with Crippen LogP contribution in [0.5, 0.6) is 0 Å². The topological polar surface area (TPSA) is 64.0 Å². The van der Waals surface area contributed by atoms with Gasteiger partial charge in [0, 0.05) is 24.6 Å². The summed E-state index contributed by atoms with van der Waals surface area (Å²) in [7, 11) is -1.69. The molecule has 1 aromatic heterocycles. The predicted octanol–water partition coefficient (Wildman–Crippen LogP) is 1.26. The van der Waals surface area contributed by atoms with Crippen LogP contribution < -0.4 is 4.72 Å². The van der Waals surface area contributed by atoms with Gasteiger partial charge in [0.2, 0.25) is 10.0 Å². The van der Waals surface area contributed by atoms with Crippen LogP contribution in [0.4, 0.5) is 0 Å². The quantitative estimate of drug-likeness (QED) is 0.849. The van der Waals surface area contributed by atoms with E-state index in [1.165, 1.54) is 17.1 Å². The molecule has 0 amide bonds. The minimum atomic E-state index is -3.39. The van der Waals surface area contributed by atoms with E-state index in [9.17, 15) is 8.42 Å². The normalized spacial score (nSPS) is 25.3. The van der Waals surface area contributed by atoms with Crippen molar-refractivity contribution in [1.29, 1.82) is 0 Å². The second kappa shape index (κ2) is 5.07. The fourth-order valence-electron chi connectivity index (χ4n) is 2.05.